The standard InChI is InChI=1S/C19H26N2O4/c1-24-18(23)14-11-19(14)7-9-21(10-8-19)17(22)15-12-25-16(20-15)13-5-3-2-4-6-13/h12-14H,2-11H2,1H3. The van der Waals surface area contributed by atoms with Crippen molar-refractivity contribution in [3.63, 3.8) is 0 Å². The highest BCUT2D eigenvalue weighted by atomic mass is 16.5. The largest absolute Gasteiger partial charge is 0.469 e. The average Bonchev–Trinajstić information content (AvgIpc) is 3.14. The summed E-state index contributed by atoms with van der Waals surface area (Å²) in [6, 6.07) is 0. The lowest BCUT2D eigenvalue weighted by atomic mass is 9.89. The Morgan fingerprint density at radius 2 is 1.96 bits per heavy atom. The summed E-state index contributed by atoms with van der Waals surface area (Å²) in [7, 11) is 1.45. The molecule has 2 heterocycles. The molecule has 1 unspecified atom stereocenters. The summed E-state index contributed by atoms with van der Waals surface area (Å²) in [6.07, 6.45) is 10.1. The fourth-order valence-electron chi connectivity index (χ4n) is 4.62. The number of amides is 1. The fourth-order valence-corrected chi connectivity index (χ4v) is 4.62. The van der Waals surface area contributed by atoms with E-state index in [1.54, 1.807) is 0 Å². The normalized spacial score (nSPS) is 25.8. The molecule has 3 fully saturated rings. The summed E-state index contributed by atoms with van der Waals surface area (Å²) in [5, 5.41) is 0. The van der Waals surface area contributed by atoms with Gasteiger partial charge in [-0.05, 0) is 37.5 Å². The zero-order chi connectivity index (χ0) is 17.4. The Bertz CT molecular complexity index is 654. The molecule has 1 aromatic rings. The van der Waals surface area contributed by atoms with Crippen molar-refractivity contribution >= 4 is 11.9 Å². The zero-order valence-corrected chi connectivity index (χ0v) is 14.8. The molecule has 6 heteroatoms. The van der Waals surface area contributed by atoms with Crippen LogP contribution in [-0.2, 0) is 9.53 Å². The lowest BCUT2D eigenvalue weighted by Gasteiger charge is -2.32. The second kappa shape index (κ2) is 6.46. The number of esters is 1. The third-order valence-corrected chi connectivity index (χ3v) is 6.42. The van der Waals surface area contributed by atoms with E-state index in [1.165, 1.54) is 32.6 Å². The second-order valence-electron chi connectivity index (χ2n) is 7.84. The van der Waals surface area contributed by atoms with Crippen molar-refractivity contribution in [3.05, 3.63) is 17.8 Å². The lowest BCUT2D eigenvalue weighted by Crippen LogP contribution is -2.40. The van der Waals surface area contributed by atoms with E-state index in [9.17, 15) is 9.59 Å². The molecule has 1 saturated heterocycles. The van der Waals surface area contributed by atoms with Gasteiger partial charge in [0.05, 0.1) is 13.0 Å². The number of piperidine rings is 1. The SMILES string of the molecule is COC(=O)C1CC12CCN(C(=O)c1coc(C3CCCCC3)n1)CC2. The van der Waals surface area contributed by atoms with Gasteiger partial charge in [-0.2, -0.15) is 0 Å². The minimum Gasteiger partial charge on any atom is -0.469 e. The van der Waals surface area contributed by atoms with Gasteiger partial charge in [0.2, 0.25) is 0 Å². The fraction of sp³-hybridized carbons (Fsp3) is 0.737. The van der Waals surface area contributed by atoms with Crippen molar-refractivity contribution in [1.82, 2.24) is 9.88 Å². The van der Waals surface area contributed by atoms with Crippen LogP contribution in [0.3, 0.4) is 0 Å². The van der Waals surface area contributed by atoms with E-state index >= 15 is 0 Å². The maximum absolute atomic E-state index is 12.7. The van der Waals surface area contributed by atoms with Crippen molar-refractivity contribution in [2.45, 2.75) is 57.3 Å². The Balaban J connectivity index is 1.35. The van der Waals surface area contributed by atoms with Gasteiger partial charge in [-0.1, -0.05) is 19.3 Å². The van der Waals surface area contributed by atoms with Gasteiger partial charge < -0.3 is 14.1 Å². The first-order chi connectivity index (χ1) is 12.1. The summed E-state index contributed by atoms with van der Waals surface area (Å²) in [4.78, 5) is 30.8. The summed E-state index contributed by atoms with van der Waals surface area (Å²) >= 11 is 0. The highest BCUT2D eigenvalue weighted by molar-refractivity contribution is 5.92. The van der Waals surface area contributed by atoms with Crippen molar-refractivity contribution in [2.75, 3.05) is 20.2 Å². The summed E-state index contributed by atoms with van der Waals surface area (Å²) in [5.41, 5.74) is 0.498. The molecular weight excluding hydrogens is 320 g/mol. The van der Waals surface area contributed by atoms with Crippen LogP contribution in [0.5, 0.6) is 0 Å². The zero-order valence-electron chi connectivity index (χ0n) is 14.8. The van der Waals surface area contributed by atoms with Crippen LogP contribution < -0.4 is 0 Å². The number of rotatable bonds is 3. The highest BCUT2D eigenvalue weighted by Crippen LogP contribution is 2.59. The number of hydrogen-bond donors (Lipinski definition) is 0. The van der Waals surface area contributed by atoms with E-state index in [0.29, 0.717) is 24.7 Å². The molecule has 2 saturated carbocycles. The molecule has 0 aromatic carbocycles. The Labute approximate surface area is 147 Å². The summed E-state index contributed by atoms with van der Waals surface area (Å²) < 4.78 is 10.5. The van der Waals surface area contributed by atoms with Crippen LogP contribution in [0, 0.1) is 11.3 Å². The lowest BCUT2D eigenvalue weighted by molar-refractivity contribution is -0.143. The minimum absolute atomic E-state index is 0.0275. The maximum atomic E-state index is 12.7. The number of hydrogen-bond acceptors (Lipinski definition) is 5. The minimum atomic E-state index is -0.103. The quantitative estimate of drug-likeness (QED) is 0.786. The molecular formula is C19H26N2O4. The Kier molecular flexibility index (Phi) is 4.29. The number of carbonyl (C=O) groups is 2. The van der Waals surface area contributed by atoms with E-state index in [-0.39, 0.29) is 23.2 Å². The van der Waals surface area contributed by atoms with Crippen LogP contribution in [0.15, 0.2) is 10.7 Å². The molecule has 3 aliphatic rings. The number of methoxy groups -OCH3 is 1. The molecule has 136 valence electrons. The number of carbonyl (C=O) groups excluding carboxylic acids is 2. The van der Waals surface area contributed by atoms with E-state index in [4.69, 9.17) is 9.15 Å². The molecule has 1 aliphatic heterocycles. The smallest absolute Gasteiger partial charge is 0.309 e. The molecule has 0 bridgehead atoms. The van der Waals surface area contributed by atoms with Crippen LogP contribution >= 0.6 is 0 Å². The first-order valence-electron chi connectivity index (χ1n) is 9.45. The Hall–Kier alpha value is -1.85. The first-order valence-corrected chi connectivity index (χ1v) is 9.45. The van der Waals surface area contributed by atoms with Crippen LogP contribution in [0.2, 0.25) is 0 Å². The average molecular weight is 346 g/mol. The van der Waals surface area contributed by atoms with Crippen molar-refractivity contribution in [2.24, 2.45) is 11.3 Å². The van der Waals surface area contributed by atoms with Gasteiger partial charge in [0.25, 0.3) is 5.91 Å². The van der Waals surface area contributed by atoms with Gasteiger partial charge in [0.1, 0.15) is 6.26 Å². The molecule has 25 heavy (non-hydrogen) atoms. The topological polar surface area (TPSA) is 72.6 Å². The van der Waals surface area contributed by atoms with Gasteiger partial charge in [0.15, 0.2) is 11.6 Å². The van der Waals surface area contributed by atoms with Gasteiger partial charge in [-0.3, -0.25) is 9.59 Å². The maximum Gasteiger partial charge on any atom is 0.309 e. The van der Waals surface area contributed by atoms with Crippen molar-refractivity contribution in [1.29, 1.82) is 0 Å². The number of ether oxygens (including phenoxy) is 1. The van der Waals surface area contributed by atoms with E-state index in [1.807, 2.05) is 4.90 Å². The van der Waals surface area contributed by atoms with Crippen molar-refractivity contribution < 1.29 is 18.7 Å². The molecule has 0 N–H and O–H groups in total. The summed E-state index contributed by atoms with van der Waals surface area (Å²) in [6.45, 7) is 1.36. The first kappa shape index (κ1) is 16.6. The molecule has 0 radical (unpaired) electrons. The van der Waals surface area contributed by atoms with Gasteiger partial charge in [-0.15, -0.1) is 0 Å². The van der Waals surface area contributed by atoms with Crippen molar-refractivity contribution in [3.8, 4) is 0 Å². The van der Waals surface area contributed by atoms with Crippen LogP contribution in [0.25, 0.3) is 0 Å². The number of likely N-dealkylation sites (tertiary alicyclic amines) is 1. The van der Waals surface area contributed by atoms with Gasteiger partial charge in [-0.25, -0.2) is 4.98 Å². The van der Waals surface area contributed by atoms with Crippen LogP contribution in [-0.4, -0.2) is 42.0 Å². The Morgan fingerprint density at radius 3 is 2.64 bits per heavy atom. The molecule has 1 spiro atoms. The molecule has 1 aromatic heterocycles. The number of aromatic nitrogens is 1. The molecule has 4 rings (SSSR count). The molecule has 1 amide bonds. The van der Waals surface area contributed by atoms with E-state index < -0.39 is 0 Å². The predicted octanol–water partition coefficient (Wildman–Crippen LogP) is 3.14. The highest BCUT2D eigenvalue weighted by Gasteiger charge is 2.59. The number of nitrogens with zero attached hydrogens (tertiary/aromatic N) is 2. The number of oxazole rings is 1. The second-order valence-corrected chi connectivity index (χ2v) is 7.84. The van der Waals surface area contributed by atoms with E-state index in [0.717, 1.165) is 38.0 Å². The summed E-state index contributed by atoms with van der Waals surface area (Å²) in [5.74, 6) is 0.973. The van der Waals surface area contributed by atoms with E-state index in [2.05, 4.69) is 4.98 Å². The van der Waals surface area contributed by atoms with Crippen LogP contribution in [0.1, 0.15) is 73.7 Å². The predicted molar refractivity (Wildman–Crippen MR) is 90.0 cm³/mol. The molecule has 6 nitrogen and oxygen atoms in total. The van der Waals surface area contributed by atoms with Crippen LogP contribution in [0.4, 0.5) is 0 Å². The van der Waals surface area contributed by atoms with Gasteiger partial charge in [0, 0.05) is 19.0 Å². The van der Waals surface area contributed by atoms with Gasteiger partial charge >= 0.3 is 5.97 Å². The Morgan fingerprint density at radius 1 is 1.24 bits per heavy atom. The monoisotopic (exact) mass is 346 g/mol. The third kappa shape index (κ3) is 3.07. The third-order valence-electron chi connectivity index (χ3n) is 6.42. The molecule has 1 atom stereocenters. The molecule has 2 aliphatic carbocycles.